The van der Waals surface area contributed by atoms with Crippen molar-refractivity contribution in [2.24, 2.45) is 0 Å². The number of rotatable bonds is 5. The monoisotopic (exact) mass is 374 g/mol. The van der Waals surface area contributed by atoms with Gasteiger partial charge in [-0.15, -0.1) is 0 Å². The van der Waals surface area contributed by atoms with E-state index in [4.69, 9.17) is 9.47 Å². The molecule has 28 heavy (non-hydrogen) atoms. The van der Waals surface area contributed by atoms with Crippen molar-refractivity contribution in [3.8, 4) is 22.9 Å². The topological polar surface area (TPSA) is 73.6 Å². The maximum atomic E-state index is 12.9. The third-order valence-corrected chi connectivity index (χ3v) is 4.41. The zero-order valence-electron chi connectivity index (χ0n) is 15.2. The number of phenols is 1. The van der Waals surface area contributed by atoms with Crippen LogP contribution in [0.1, 0.15) is 5.56 Å². The number of phenolic OH excluding ortho intramolecular Hbond substituents is 1. The second-order valence-electron chi connectivity index (χ2n) is 6.23. The molecular weight excluding hydrogens is 356 g/mol. The summed E-state index contributed by atoms with van der Waals surface area (Å²) in [5.41, 5.74) is 1.92. The summed E-state index contributed by atoms with van der Waals surface area (Å²) in [6.45, 7) is 0.382. The Labute approximate surface area is 161 Å². The highest BCUT2D eigenvalue weighted by Crippen LogP contribution is 2.31. The Bertz CT molecular complexity index is 1170. The van der Waals surface area contributed by atoms with E-state index in [0.29, 0.717) is 34.7 Å². The average Bonchev–Trinajstić information content (AvgIpc) is 2.73. The van der Waals surface area contributed by atoms with E-state index in [1.807, 2.05) is 30.3 Å². The Hall–Kier alpha value is -3.80. The lowest BCUT2D eigenvalue weighted by molar-refractivity contribution is 0.285. The molecule has 0 spiro atoms. The van der Waals surface area contributed by atoms with Gasteiger partial charge in [0.15, 0.2) is 11.5 Å². The molecule has 0 bridgehead atoms. The molecule has 6 heteroatoms. The van der Waals surface area contributed by atoms with Crippen LogP contribution >= 0.6 is 0 Å². The van der Waals surface area contributed by atoms with Crippen LogP contribution in [0.25, 0.3) is 16.6 Å². The Kier molecular flexibility index (Phi) is 4.68. The fraction of sp³-hybridized carbons (Fsp3) is 0.0909. The number of nitrogens with zero attached hydrogens (tertiary/aromatic N) is 2. The van der Waals surface area contributed by atoms with E-state index in [1.54, 1.807) is 24.3 Å². The van der Waals surface area contributed by atoms with E-state index < -0.39 is 0 Å². The van der Waals surface area contributed by atoms with Gasteiger partial charge in [0, 0.05) is 6.07 Å². The summed E-state index contributed by atoms with van der Waals surface area (Å²) in [5.74, 6) is 1.12. The number of ether oxygens (including phenoxy) is 2. The third-order valence-electron chi connectivity index (χ3n) is 4.41. The predicted molar refractivity (Wildman–Crippen MR) is 106 cm³/mol. The Morgan fingerprint density at radius 2 is 1.75 bits per heavy atom. The summed E-state index contributed by atoms with van der Waals surface area (Å²) < 4.78 is 12.7. The van der Waals surface area contributed by atoms with Gasteiger partial charge < -0.3 is 14.6 Å². The minimum absolute atomic E-state index is 0.132. The van der Waals surface area contributed by atoms with Gasteiger partial charge in [0.05, 0.1) is 23.7 Å². The average molecular weight is 374 g/mol. The molecule has 1 N–H and O–H groups in total. The Morgan fingerprint density at radius 1 is 1.00 bits per heavy atom. The van der Waals surface area contributed by atoms with Crippen LogP contribution < -0.4 is 15.0 Å². The summed E-state index contributed by atoms with van der Waals surface area (Å²) in [4.78, 5) is 17.3. The molecule has 4 aromatic rings. The number of methoxy groups -OCH3 is 1. The zero-order chi connectivity index (χ0) is 19.5. The van der Waals surface area contributed by atoms with Gasteiger partial charge in [0.1, 0.15) is 18.7 Å². The number of fused-ring (bicyclic) bond motifs is 1. The molecule has 0 aliphatic carbocycles. The Balaban J connectivity index is 1.73. The number of hydrogen-bond acceptors (Lipinski definition) is 5. The molecule has 0 unspecified atom stereocenters. The van der Waals surface area contributed by atoms with E-state index in [9.17, 15) is 9.90 Å². The van der Waals surface area contributed by atoms with Crippen LogP contribution in [0.2, 0.25) is 0 Å². The number of aromatic hydroxyl groups is 1. The van der Waals surface area contributed by atoms with Crippen molar-refractivity contribution in [3.05, 3.63) is 89.0 Å². The molecule has 3 aromatic carbocycles. The molecule has 0 saturated heterocycles. The van der Waals surface area contributed by atoms with Crippen LogP contribution in [0.4, 0.5) is 0 Å². The summed E-state index contributed by atoms with van der Waals surface area (Å²) in [6.07, 6.45) is 1.46. The molecule has 0 aliphatic heterocycles. The van der Waals surface area contributed by atoms with Crippen molar-refractivity contribution < 1.29 is 14.6 Å². The van der Waals surface area contributed by atoms with Gasteiger partial charge in [-0.05, 0) is 35.9 Å². The minimum atomic E-state index is -0.233. The largest absolute Gasteiger partial charge is 0.508 e. The van der Waals surface area contributed by atoms with Gasteiger partial charge >= 0.3 is 0 Å². The van der Waals surface area contributed by atoms with Crippen molar-refractivity contribution in [1.82, 2.24) is 9.55 Å². The molecular formula is C22H18N2O4. The lowest BCUT2D eigenvalue weighted by atomic mass is 10.2. The summed E-state index contributed by atoms with van der Waals surface area (Å²) >= 11 is 0. The third kappa shape index (κ3) is 3.40. The summed E-state index contributed by atoms with van der Waals surface area (Å²) in [7, 11) is 1.53. The van der Waals surface area contributed by atoms with Gasteiger partial charge in [-0.1, -0.05) is 30.3 Å². The van der Waals surface area contributed by atoms with Crippen molar-refractivity contribution in [3.63, 3.8) is 0 Å². The number of aromatic nitrogens is 2. The smallest absolute Gasteiger partial charge is 0.265 e. The number of benzene rings is 3. The first-order valence-corrected chi connectivity index (χ1v) is 8.71. The molecule has 0 amide bonds. The van der Waals surface area contributed by atoms with E-state index >= 15 is 0 Å². The summed E-state index contributed by atoms with van der Waals surface area (Å²) in [6, 6.07) is 19.5. The minimum Gasteiger partial charge on any atom is -0.508 e. The first kappa shape index (κ1) is 17.6. The molecule has 1 aromatic heterocycles. The van der Waals surface area contributed by atoms with Gasteiger partial charge in [0.25, 0.3) is 5.56 Å². The highest BCUT2D eigenvalue weighted by Gasteiger charge is 2.13. The van der Waals surface area contributed by atoms with Gasteiger partial charge in [-0.2, -0.15) is 0 Å². The number of hydrogen-bond donors (Lipinski definition) is 1. The van der Waals surface area contributed by atoms with Crippen LogP contribution in [0.3, 0.4) is 0 Å². The second-order valence-corrected chi connectivity index (χ2v) is 6.23. The highest BCUT2D eigenvalue weighted by molar-refractivity contribution is 5.82. The maximum Gasteiger partial charge on any atom is 0.265 e. The quantitative estimate of drug-likeness (QED) is 0.577. The van der Waals surface area contributed by atoms with E-state index in [2.05, 4.69) is 4.98 Å². The standard InChI is InChI=1S/C22H18N2O4/c1-27-20-11-18-19(12-21(20)28-13-15-5-3-2-4-6-15)23-14-24(22(18)26)16-7-9-17(25)10-8-16/h2-12,14,25H,13H2,1H3. The molecule has 0 atom stereocenters. The molecule has 0 fully saturated rings. The molecule has 4 rings (SSSR count). The van der Waals surface area contributed by atoms with Crippen LogP contribution in [-0.2, 0) is 6.61 Å². The maximum absolute atomic E-state index is 12.9. The van der Waals surface area contributed by atoms with E-state index in [-0.39, 0.29) is 11.3 Å². The first-order chi connectivity index (χ1) is 13.7. The molecule has 0 aliphatic rings. The second kappa shape index (κ2) is 7.44. The van der Waals surface area contributed by atoms with Crippen molar-refractivity contribution in [1.29, 1.82) is 0 Å². The van der Waals surface area contributed by atoms with Gasteiger partial charge in [-0.25, -0.2) is 4.98 Å². The van der Waals surface area contributed by atoms with Crippen LogP contribution in [0, 0.1) is 0 Å². The summed E-state index contributed by atoms with van der Waals surface area (Å²) in [5, 5.41) is 9.86. The fourth-order valence-electron chi connectivity index (χ4n) is 2.93. The Morgan fingerprint density at radius 3 is 2.46 bits per heavy atom. The van der Waals surface area contributed by atoms with Crippen molar-refractivity contribution in [2.45, 2.75) is 6.61 Å². The molecule has 0 saturated carbocycles. The van der Waals surface area contributed by atoms with Crippen molar-refractivity contribution in [2.75, 3.05) is 7.11 Å². The molecule has 1 heterocycles. The highest BCUT2D eigenvalue weighted by atomic mass is 16.5. The van der Waals surface area contributed by atoms with Crippen LogP contribution in [0.5, 0.6) is 17.2 Å². The first-order valence-electron chi connectivity index (χ1n) is 8.71. The van der Waals surface area contributed by atoms with Crippen LogP contribution in [-0.4, -0.2) is 21.8 Å². The van der Waals surface area contributed by atoms with Crippen molar-refractivity contribution >= 4 is 10.9 Å². The molecule has 0 radical (unpaired) electrons. The van der Waals surface area contributed by atoms with E-state index in [0.717, 1.165) is 5.56 Å². The van der Waals surface area contributed by atoms with E-state index in [1.165, 1.54) is 30.1 Å². The SMILES string of the molecule is COc1cc2c(=O)n(-c3ccc(O)cc3)cnc2cc1OCc1ccccc1. The lowest BCUT2D eigenvalue weighted by Gasteiger charge is -2.13. The lowest BCUT2D eigenvalue weighted by Crippen LogP contribution is -2.18. The molecule has 140 valence electrons. The predicted octanol–water partition coefficient (Wildman–Crippen LogP) is 3.68. The van der Waals surface area contributed by atoms with Gasteiger partial charge in [-0.3, -0.25) is 9.36 Å². The normalized spacial score (nSPS) is 10.8. The zero-order valence-corrected chi connectivity index (χ0v) is 15.2. The fourth-order valence-corrected chi connectivity index (χ4v) is 2.93. The van der Waals surface area contributed by atoms with Crippen LogP contribution in [0.15, 0.2) is 77.9 Å². The van der Waals surface area contributed by atoms with Gasteiger partial charge in [0.2, 0.25) is 0 Å². The molecule has 6 nitrogen and oxygen atoms in total.